The van der Waals surface area contributed by atoms with Crippen molar-refractivity contribution < 1.29 is 17.1 Å². The van der Waals surface area contributed by atoms with E-state index < -0.39 is 0 Å². The van der Waals surface area contributed by atoms with Crippen molar-refractivity contribution in [1.29, 1.82) is 31.6 Å². The fraction of sp³-hybridized carbons (Fsp3) is 0.231. The summed E-state index contributed by atoms with van der Waals surface area (Å²) in [6.07, 6.45) is 6.04. The first kappa shape index (κ1) is 42.8. The molecule has 1 rings (SSSR count). The minimum atomic E-state index is 0. The van der Waals surface area contributed by atoms with E-state index in [1.54, 1.807) is 0 Å². The third kappa shape index (κ3) is 54.8. The zero-order chi connectivity index (χ0) is 18.7. The monoisotopic (exact) mass is 342 g/mol. The molecule has 0 fully saturated rings. The van der Waals surface area contributed by atoms with Crippen molar-refractivity contribution >= 4 is 0 Å². The quantitative estimate of drug-likeness (QED) is 0.543. The summed E-state index contributed by atoms with van der Waals surface area (Å²) in [7, 11) is 2.06. The number of nitrogens with zero attached hydrogens (tertiary/aromatic N) is 8. The predicted molar refractivity (Wildman–Crippen MR) is 78.7 cm³/mol. The van der Waals surface area contributed by atoms with Gasteiger partial charge in [-0.2, -0.15) is 0 Å². The van der Waals surface area contributed by atoms with Crippen LogP contribution in [-0.4, -0.2) is 30.1 Å². The molecule has 0 spiro atoms. The van der Waals surface area contributed by atoms with Crippen LogP contribution in [0.4, 0.5) is 0 Å². The average Bonchev–Trinajstić information content (AvgIpc) is 3.04. The van der Waals surface area contributed by atoms with Gasteiger partial charge in [0, 0.05) is 82.5 Å². The maximum absolute atomic E-state index is 6.50. The Labute approximate surface area is 143 Å². The fourth-order valence-electron chi connectivity index (χ4n) is 0.873. The van der Waals surface area contributed by atoms with Crippen molar-refractivity contribution in [2.75, 3.05) is 20.3 Å². The molecule has 118 valence electrons. The molecule has 0 aliphatic carbocycles. The second-order valence-corrected chi connectivity index (χ2v) is 2.26. The Balaban J connectivity index is -0.0000000298. The molecule has 0 atom stereocenters. The number of hydrogen-bond acceptors (Lipinski definition) is 8. The van der Waals surface area contributed by atoms with Gasteiger partial charge in [-0.25, -0.2) is 31.6 Å². The maximum atomic E-state index is 6.50. The Morgan fingerprint density at radius 3 is 1.36 bits per heavy atom. The second-order valence-electron chi connectivity index (χ2n) is 2.26. The molecule has 0 radical (unpaired) electrons. The number of rotatable bonds is 2. The first-order chi connectivity index (χ1) is 10.3. The Bertz CT molecular complexity index is 291. The van der Waals surface area contributed by atoms with E-state index in [0.717, 1.165) is 13.2 Å². The Morgan fingerprint density at radius 1 is 0.864 bits per heavy atom. The van der Waals surface area contributed by atoms with Crippen molar-refractivity contribution in [3.8, 4) is 39.4 Å². The molecular weight excluding hydrogens is 324 g/mol. The molecule has 0 saturated heterocycles. The Morgan fingerprint density at radius 2 is 1.18 bits per heavy atom. The van der Waals surface area contributed by atoms with Gasteiger partial charge in [-0.15, -0.1) is 6.58 Å². The first-order valence-corrected chi connectivity index (χ1v) is 4.61. The van der Waals surface area contributed by atoms with E-state index in [9.17, 15) is 0 Å². The van der Waals surface area contributed by atoms with E-state index in [-0.39, 0.29) is 17.1 Å². The summed E-state index contributed by atoms with van der Waals surface area (Å²) >= 11 is 0. The fourth-order valence-corrected chi connectivity index (χ4v) is 0.873. The normalized spacial score (nSPS) is 7.50. The van der Waals surface area contributed by atoms with Gasteiger partial charge in [-0.05, 0) is 0 Å². The standard InChI is InChI=1S/C7H12N2.6CHN.Fe/c1-3-4-9-6-5-8(2)7-9;6*1-2;/h3,5-6H,1,4,7H2,2H3;6*1H;. The van der Waals surface area contributed by atoms with Crippen molar-refractivity contribution in [1.82, 2.24) is 9.80 Å². The second kappa shape index (κ2) is 84.4. The Kier molecular flexibility index (Phi) is 164. The molecular formula is C13H18FeN8. The third-order valence-electron chi connectivity index (χ3n) is 1.30. The molecule has 1 aliphatic heterocycles. The third-order valence-corrected chi connectivity index (χ3v) is 1.30. The molecule has 0 amide bonds. The summed E-state index contributed by atoms with van der Waals surface area (Å²) in [5, 5.41) is 39.0. The van der Waals surface area contributed by atoms with Gasteiger partial charge in [0.25, 0.3) is 0 Å². The van der Waals surface area contributed by atoms with Gasteiger partial charge in [0.15, 0.2) is 0 Å². The zero-order valence-corrected chi connectivity index (χ0v) is 13.4. The minimum absolute atomic E-state index is 0. The molecule has 0 saturated carbocycles. The van der Waals surface area contributed by atoms with Gasteiger partial charge in [0.1, 0.15) is 0 Å². The van der Waals surface area contributed by atoms with Crippen LogP contribution < -0.4 is 0 Å². The van der Waals surface area contributed by atoms with E-state index in [0.29, 0.717) is 0 Å². The van der Waals surface area contributed by atoms with Crippen LogP contribution in [0.1, 0.15) is 0 Å². The molecule has 1 aliphatic rings. The van der Waals surface area contributed by atoms with Crippen LogP contribution in [0.2, 0.25) is 0 Å². The first-order valence-electron chi connectivity index (χ1n) is 4.61. The molecule has 0 unspecified atom stereocenters. The van der Waals surface area contributed by atoms with E-state index in [1.807, 2.05) is 6.08 Å². The van der Waals surface area contributed by atoms with E-state index in [1.165, 1.54) is 0 Å². The van der Waals surface area contributed by atoms with Gasteiger partial charge < -0.3 is 9.80 Å². The van der Waals surface area contributed by atoms with Crippen LogP contribution in [0.25, 0.3) is 0 Å². The maximum Gasteiger partial charge on any atom is 0.0894 e. The van der Waals surface area contributed by atoms with Crippen molar-refractivity contribution in [3.05, 3.63) is 25.1 Å². The molecule has 0 bridgehead atoms. The molecule has 0 N–H and O–H groups in total. The number of hydrogen-bond donors (Lipinski definition) is 0. The van der Waals surface area contributed by atoms with Gasteiger partial charge in [-0.3, -0.25) is 0 Å². The molecule has 0 aromatic heterocycles. The van der Waals surface area contributed by atoms with Gasteiger partial charge >= 0.3 is 0 Å². The van der Waals surface area contributed by atoms with Gasteiger partial charge in [0.05, 0.1) is 6.67 Å². The van der Waals surface area contributed by atoms with Gasteiger partial charge in [0.2, 0.25) is 0 Å². The Hall–Kier alpha value is -3.46. The van der Waals surface area contributed by atoms with Crippen molar-refractivity contribution in [3.63, 3.8) is 0 Å². The average molecular weight is 342 g/mol. The summed E-state index contributed by atoms with van der Waals surface area (Å²) < 4.78 is 0. The van der Waals surface area contributed by atoms with Gasteiger partial charge in [-0.1, -0.05) is 6.08 Å². The smallest absolute Gasteiger partial charge is 0.0894 e. The van der Waals surface area contributed by atoms with Crippen LogP contribution >= 0.6 is 0 Å². The zero-order valence-electron chi connectivity index (χ0n) is 12.2. The molecule has 1 heterocycles. The van der Waals surface area contributed by atoms with E-state index in [4.69, 9.17) is 31.6 Å². The van der Waals surface area contributed by atoms with Crippen LogP contribution in [0.3, 0.4) is 0 Å². The van der Waals surface area contributed by atoms with E-state index >= 15 is 0 Å². The summed E-state index contributed by atoms with van der Waals surface area (Å²) in [5.74, 6) is 0. The van der Waals surface area contributed by atoms with Crippen LogP contribution in [-0.2, 0) is 17.1 Å². The van der Waals surface area contributed by atoms with Crippen LogP contribution in [0.15, 0.2) is 25.1 Å². The largest absolute Gasteiger partial charge is 0.362 e. The molecule has 8 nitrogen and oxygen atoms in total. The van der Waals surface area contributed by atoms with Crippen molar-refractivity contribution in [2.24, 2.45) is 0 Å². The molecule has 9 heteroatoms. The molecule has 0 aromatic carbocycles. The number of nitriles is 6. The predicted octanol–water partition coefficient (Wildman–Crippen LogP) is 1.68. The van der Waals surface area contributed by atoms with Crippen molar-refractivity contribution in [2.45, 2.75) is 0 Å². The van der Waals surface area contributed by atoms with Crippen LogP contribution in [0.5, 0.6) is 0 Å². The molecule has 0 aromatic rings. The van der Waals surface area contributed by atoms with E-state index in [2.05, 4.69) is 75.3 Å². The summed E-state index contributed by atoms with van der Waals surface area (Å²) in [6.45, 7) is 26.6. The minimum Gasteiger partial charge on any atom is -0.362 e. The summed E-state index contributed by atoms with van der Waals surface area (Å²) in [4.78, 5) is 4.32. The summed E-state index contributed by atoms with van der Waals surface area (Å²) in [5.41, 5.74) is 0. The van der Waals surface area contributed by atoms with Crippen LogP contribution in [0, 0.1) is 71.0 Å². The SMILES string of the molecule is C#N.C#N.C#N.C#N.C#N.C#N.C=CCN1C=CN(C)C1.[Fe]. The topological polar surface area (TPSA) is 149 Å². The molecule has 22 heavy (non-hydrogen) atoms. The summed E-state index contributed by atoms with van der Waals surface area (Å²) in [6, 6.07) is 0.